The Morgan fingerprint density at radius 3 is 2.46 bits per heavy atom. The second-order valence-corrected chi connectivity index (χ2v) is 8.88. The van der Waals surface area contributed by atoms with Crippen molar-refractivity contribution in [2.75, 3.05) is 31.1 Å². The lowest BCUT2D eigenvalue weighted by Crippen LogP contribution is -2.46. The number of benzene rings is 2. The van der Waals surface area contributed by atoms with Gasteiger partial charge in [-0.3, -0.25) is 4.90 Å². The van der Waals surface area contributed by atoms with Gasteiger partial charge in [0.15, 0.2) is 0 Å². The molecule has 3 aromatic rings. The van der Waals surface area contributed by atoms with Crippen LogP contribution in [0.5, 0.6) is 0 Å². The van der Waals surface area contributed by atoms with E-state index in [-0.39, 0.29) is 4.90 Å². The first-order chi connectivity index (χ1) is 13.3. The molecule has 0 radical (unpaired) electrons. The van der Waals surface area contributed by atoms with Crippen LogP contribution >= 0.6 is 0 Å². The number of aryl methyl sites for hydroxylation is 2. The predicted octanol–water partition coefficient (Wildman–Crippen LogP) is 1.85. The Hall–Kier alpha value is -2.42. The predicted molar refractivity (Wildman–Crippen MR) is 111 cm³/mol. The van der Waals surface area contributed by atoms with Gasteiger partial charge < -0.3 is 9.47 Å². The maximum absolute atomic E-state index is 12.0. The number of hydrogen-bond acceptors (Lipinski definition) is 5. The fraction of sp³-hybridized carbons (Fsp3) is 0.350. The summed E-state index contributed by atoms with van der Waals surface area (Å²) in [6, 6.07) is 13.4. The molecule has 1 aromatic heterocycles. The summed E-state index contributed by atoms with van der Waals surface area (Å²) < 4.78 is 26.1. The van der Waals surface area contributed by atoms with Crippen LogP contribution in [0, 0.1) is 6.92 Å². The third-order valence-electron chi connectivity index (χ3n) is 5.38. The summed E-state index contributed by atoms with van der Waals surface area (Å²) in [6.07, 6.45) is 0. The van der Waals surface area contributed by atoms with E-state index < -0.39 is 10.0 Å². The zero-order chi connectivity index (χ0) is 19.9. The lowest BCUT2D eigenvalue weighted by Gasteiger charge is -2.36. The first-order valence-corrected chi connectivity index (χ1v) is 10.9. The smallest absolute Gasteiger partial charge is 0.240 e. The summed E-state index contributed by atoms with van der Waals surface area (Å²) in [7, 11) is -1.70. The van der Waals surface area contributed by atoms with Crippen LogP contribution in [-0.4, -0.2) is 49.0 Å². The molecular weight excluding hydrogens is 374 g/mol. The highest BCUT2D eigenvalue weighted by molar-refractivity contribution is 7.89. The minimum atomic E-state index is -3.75. The van der Waals surface area contributed by atoms with Crippen molar-refractivity contribution in [1.82, 2.24) is 14.5 Å². The molecule has 1 fully saturated rings. The largest absolute Gasteiger partial charge is 0.368 e. The molecule has 0 amide bonds. The van der Waals surface area contributed by atoms with E-state index >= 15 is 0 Å². The van der Waals surface area contributed by atoms with E-state index in [4.69, 9.17) is 10.1 Å². The van der Waals surface area contributed by atoms with Crippen molar-refractivity contribution in [2.24, 2.45) is 12.2 Å². The van der Waals surface area contributed by atoms with Crippen molar-refractivity contribution in [2.45, 2.75) is 18.4 Å². The maximum atomic E-state index is 12.0. The molecule has 2 heterocycles. The summed E-state index contributed by atoms with van der Waals surface area (Å²) in [5, 5.41) is 5.42. The number of imidazole rings is 1. The summed E-state index contributed by atoms with van der Waals surface area (Å²) in [6.45, 7) is 5.89. The molecule has 0 unspecified atom stereocenters. The lowest BCUT2D eigenvalue weighted by molar-refractivity contribution is 0.242. The Kier molecular flexibility index (Phi) is 4.86. The van der Waals surface area contributed by atoms with Crippen LogP contribution in [0.25, 0.3) is 11.0 Å². The topological polar surface area (TPSA) is 84.5 Å². The van der Waals surface area contributed by atoms with E-state index in [9.17, 15) is 8.42 Å². The van der Waals surface area contributed by atoms with E-state index in [2.05, 4.69) is 20.4 Å². The van der Waals surface area contributed by atoms with Crippen molar-refractivity contribution in [3.8, 4) is 0 Å². The number of fused-ring (bicyclic) bond motifs is 1. The monoisotopic (exact) mass is 399 g/mol. The van der Waals surface area contributed by atoms with E-state index in [0.29, 0.717) is 5.69 Å². The fourth-order valence-corrected chi connectivity index (χ4v) is 4.54. The number of anilines is 1. The van der Waals surface area contributed by atoms with Gasteiger partial charge in [0, 0.05) is 33.2 Å². The Labute approximate surface area is 165 Å². The van der Waals surface area contributed by atoms with Crippen LogP contribution in [-0.2, 0) is 23.6 Å². The Morgan fingerprint density at radius 2 is 1.79 bits per heavy atom. The first-order valence-electron chi connectivity index (χ1n) is 9.34. The highest BCUT2D eigenvalue weighted by atomic mass is 32.2. The molecule has 1 aliphatic rings. The van der Waals surface area contributed by atoms with Crippen LogP contribution < -0.4 is 10.0 Å². The number of piperazine rings is 1. The minimum Gasteiger partial charge on any atom is -0.368 e. The van der Waals surface area contributed by atoms with Gasteiger partial charge in [-0.05, 0) is 36.8 Å². The number of nitrogens with two attached hydrogens (primary N) is 1. The number of para-hydroxylation sites is 2. The minimum absolute atomic E-state index is 0.196. The summed E-state index contributed by atoms with van der Waals surface area (Å²) in [4.78, 5) is 9.41. The van der Waals surface area contributed by atoms with Gasteiger partial charge in [0.2, 0.25) is 10.0 Å². The highest BCUT2D eigenvalue weighted by Gasteiger charge is 2.24. The fourth-order valence-electron chi connectivity index (χ4n) is 3.80. The molecule has 7 nitrogen and oxygen atoms in total. The lowest BCUT2D eigenvalue weighted by atomic mass is 10.2. The van der Waals surface area contributed by atoms with Crippen molar-refractivity contribution in [3.63, 3.8) is 0 Å². The second-order valence-electron chi connectivity index (χ2n) is 7.36. The zero-order valence-electron chi connectivity index (χ0n) is 16.2. The molecule has 2 N–H and O–H groups in total. The molecule has 1 saturated heterocycles. The molecule has 0 aliphatic carbocycles. The van der Waals surface area contributed by atoms with E-state index in [1.165, 1.54) is 0 Å². The molecule has 2 aromatic carbocycles. The molecular formula is C20H25N5O2S. The number of primary sulfonamides is 1. The quantitative estimate of drug-likeness (QED) is 0.724. The Morgan fingerprint density at radius 1 is 1.07 bits per heavy atom. The standard InChI is InChI=1S/C20H25N5O2S/c1-15-7-8-19(28(21,26)27)18(13-15)25-11-9-24(10-12-25)14-20-22-16-5-3-4-6-17(16)23(20)2/h3-8,13H,9-12,14H2,1-2H3,(H2,21,26,27). The Bertz CT molecular complexity index is 1110. The van der Waals surface area contributed by atoms with Gasteiger partial charge >= 0.3 is 0 Å². The number of nitrogens with zero attached hydrogens (tertiary/aromatic N) is 4. The van der Waals surface area contributed by atoms with Crippen molar-refractivity contribution in [1.29, 1.82) is 0 Å². The van der Waals surface area contributed by atoms with Crippen LogP contribution in [0.4, 0.5) is 5.69 Å². The molecule has 0 atom stereocenters. The van der Waals surface area contributed by atoms with Crippen molar-refractivity contribution < 1.29 is 8.42 Å². The van der Waals surface area contributed by atoms with Gasteiger partial charge in [-0.2, -0.15) is 0 Å². The molecule has 0 spiro atoms. The van der Waals surface area contributed by atoms with Crippen molar-refractivity contribution >= 4 is 26.7 Å². The second kappa shape index (κ2) is 7.20. The van der Waals surface area contributed by atoms with Gasteiger partial charge in [0.1, 0.15) is 10.7 Å². The summed E-state index contributed by atoms with van der Waals surface area (Å²) >= 11 is 0. The van der Waals surface area contributed by atoms with Gasteiger partial charge in [0.05, 0.1) is 23.3 Å². The molecule has 8 heteroatoms. The van der Waals surface area contributed by atoms with E-state index in [0.717, 1.165) is 55.1 Å². The molecule has 28 heavy (non-hydrogen) atoms. The molecule has 4 rings (SSSR count). The van der Waals surface area contributed by atoms with Crippen LogP contribution in [0.2, 0.25) is 0 Å². The number of aromatic nitrogens is 2. The summed E-state index contributed by atoms with van der Waals surface area (Å²) in [5.74, 6) is 1.04. The van der Waals surface area contributed by atoms with Crippen LogP contribution in [0.1, 0.15) is 11.4 Å². The average molecular weight is 400 g/mol. The maximum Gasteiger partial charge on any atom is 0.240 e. The molecule has 0 bridgehead atoms. The number of sulfonamides is 1. The van der Waals surface area contributed by atoms with Gasteiger partial charge in [0.25, 0.3) is 0 Å². The highest BCUT2D eigenvalue weighted by Crippen LogP contribution is 2.27. The van der Waals surface area contributed by atoms with Crippen LogP contribution in [0.15, 0.2) is 47.4 Å². The van der Waals surface area contributed by atoms with E-state index in [1.807, 2.05) is 38.2 Å². The molecule has 148 valence electrons. The van der Waals surface area contributed by atoms with Gasteiger partial charge in [-0.15, -0.1) is 0 Å². The average Bonchev–Trinajstić information content (AvgIpc) is 2.97. The van der Waals surface area contributed by atoms with Crippen LogP contribution in [0.3, 0.4) is 0 Å². The molecule has 1 aliphatic heterocycles. The number of rotatable bonds is 4. The zero-order valence-corrected chi connectivity index (χ0v) is 17.0. The SMILES string of the molecule is Cc1ccc(S(N)(=O)=O)c(N2CCN(Cc3nc4ccccc4n3C)CC2)c1. The first kappa shape index (κ1) is 18.9. The molecule has 0 saturated carbocycles. The third-order valence-corrected chi connectivity index (χ3v) is 6.34. The normalized spacial score (nSPS) is 16.0. The van der Waals surface area contributed by atoms with Gasteiger partial charge in [-0.25, -0.2) is 18.5 Å². The van der Waals surface area contributed by atoms with Crippen molar-refractivity contribution in [3.05, 3.63) is 53.9 Å². The summed E-state index contributed by atoms with van der Waals surface area (Å²) in [5.41, 5.74) is 3.86. The van der Waals surface area contributed by atoms with Gasteiger partial charge in [-0.1, -0.05) is 18.2 Å². The Balaban J connectivity index is 1.49. The van der Waals surface area contributed by atoms with E-state index in [1.54, 1.807) is 12.1 Å². The number of hydrogen-bond donors (Lipinski definition) is 1. The third kappa shape index (κ3) is 3.63.